The number of carbonyl (C=O) groups is 1. The molecule has 0 radical (unpaired) electrons. The molecular formula is C11H21BrO2. The van der Waals surface area contributed by atoms with Gasteiger partial charge in [0.1, 0.15) is 4.83 Å². The summed E-state index contributed by atoms with van der Waals surface area (Å²) in [5.74, 6) is -0.122. The number of esters is 1. The van der Waals surface area contributed by atoms with Gasteiger partial charge in [-0.1, -0.05) is 55.5 Å². The molecule has 0 saturated heterocycles. The molecule has 0 N–H and O–H groups in total. The standard InChI is InChI=1S/C11H21BrO2/c1-3-5-6-7-8-9-14-11(13)10(12)4-2/h10H,3-9H2,1-2H3. The maximum atomic E-state index is 11.2. The second kappa shape index (κ2) is 9.50. The summed E-state index contributed by atoms with van der Waals surface area (Å²) in [4.78, 5) is 11.1. The average molecular weight is 265 g/mol. The number of halogens is 1. The Labute approximate surface area is 95.5 Å². The highest BCUT2D eigenvalue weighted by molar-refractivity contribution is 9.10. The van der Waals surface area contributed by atoms with E-state index in [0.717, 1.165) is 12.8 Å². The number of carbonyl (C=O) groups excluding carboxylic acids is 1. The SMILES string of the molecule is CCCCCCCOC(=O)C(Br)CC. The van der Waals surface area contributed by atoms with Gasteiger partial charge in [-0.2, -0.15) is 0 Å². The fourth-order valence-electron chi connectivity index (χ4n) is 1.14. The third-order valence-electron chi connectivity index (χ3n) is 2.11. The number of hydrogen-bond donors (Lipinski definition) is 0. The van der Waals surface area contributed by atoms with E-state index in [4.69, 9.17) is 4.74 Å². The van der Waals surface area contributed by atoms with Gasteiger partial charge in [0.05, 0.1) is 6.61 Å². The van der Waals surface area contributed by atoms with Crippen molar-refractivity contribution in [3.63, 3.8) is 0 Å². The molecule has 0 heterocycles. The van der Waals surface area contributed by atoms with Crippen molar-refractivity contribution in [3.8, 4) is 0 Å². The zero-order valence-electron chi connectivity index (χ0n) is 9.22. The quantitative estimate of drug-likeness (QED) is 0.380. The van der Waals surface area contributed by atoms with Crippen LogP contribution in [0.4, 0.5) is 0 Å². The van der Waals surface area contributed by atoms with Crippen molar-refractivity contribution in [3.05, 3.63) is 0 Å². The first kappa shape index (κ1) is 13.9. The number of hydrogen-bond acceptors (Lipinski definition) is 2. The lowest BCUT2D eigenvalue weighted by atomic mass is 10.2. The molecule has 0 aliphatic carbocycles. The molecule has 1 unspecified atom stereocenters. The van der Waals surface area contributed by atoms with E-state index >= 15 is 0 Å². The van der Waals surface area contributed by atoms with Crippen LogP contribution in [-0.4, -0.2) is 17.4 Å². The Bertz CT molecular complexity index is 148. The monoisotopic (exact) mass is 264 g/mol. The van der Waals surface area contributed by atoms with Crippen molar-refractivity contribution in [1.29, 1.82) is 0 Å². The third-order valence-corrected chi connectivity index (χ3v) is 3.13. The second-order valence-corrected chi connectivity index (χ2v) is 4.56. The Kier molecular flexibility index (Phi) is 9.47. The van der Waals surface area contributed by atoms with Gasteiger partial charge in [-0.3, -0.25) is 4.79 Å². The first-order valence-corrected chi connectivity index (χ1v) is 6.44. The summed E-state index contributed by atoms with van der Waals surface area (Å²) in [6.07, 6.45) is 6.73. The van der Waals surface area contributed by atoms with E-state index in [0.29, 0.717) is 6.61 Å². The number of unbranched alkanes of at least 4 members (excludes halogenated alkanes) is 4. The van der Waals surface area contributed by atoms with Crippen LogP contribution in [0.5, 0.6) is 0 Å². The first-order chi connectivity index (χ1) is 6.72. The molecule has 0 aliphatic rings. The van der Waals surface area contributed by atoms with Crippen LogP contribution in [0.1, 0.15) is 52.4 Å². The van der Waals surface area contributed by atoms with E-state index in [1.54, 1.807) is 0 Å². The van der Waals surface area contributed by atoms with E-state index in [-0.39, 0.29) is 10.8 Å². The van der Waals surface area contributed by atoms with Crippen LogP contribution in [0.15, 0.2) is 0 Å². The van der Waals surface area contributed by atoms with Crippen LogP contribution in [0.3, 0.4) is 0 Å². The molecule has 0 aliphatic heterocycles. The normalized spacial score (nSPS) is 12.5. The van der Waals surface area contributed by atoms with E-state index in [1.807, 2.05) is 6.92 Å². The smallest absolute Gasteiger partial charge is 0.319 e. The highest BCUT2D eigenvalue weighted by Crippen LogP contribution is 2.08. The summed E-state index contributed by atoms with van der Waals surface area (Å²) in [5.41, 5.74) is 0. The zero-order chi connectivity index (χ0) is 10.8. The molecule has 1 atom stereocenters. The number of ether oxygens (including phenoxy) is 1. The van der Waals surface area contributed by atoms with Crippen molar-refractivity contribution < 1.29 is 9.53 Å². The topological polar surface area (TPSA) is 26.3 Å². The molecule has 0 aromatic carbocycles. The molecule has 0 bridgehead atoms. The van der Waals surface area contributed by atoms with Crippen molar-refractivity contribution in [1.82, 2.24) is 0 Å². The van der Waals surface area contributed by atoms with E-state index < -0.39 is 0 Å². The maximum absolute atomic E-state index is 11.2. The fraction of sp³-hybridized carbons (Fsp3) is 0.909. The summed E-state index contributed by atoms with van der Waals surface area (Å²) < 4.78 is 5.09. The number of alkyl halides is 1. The summed E-state index contributed by atoms with van der Waals surface area (Å²) in [7, 11) is 0. The molecule has 0 aromatic rings. The minimum Gasteiger partial charge on any atom is -0.465 e. The Morgan fingerprint density at radius 1 is 1.21 bits per heavy atom. The molecule has 0 saturated carbocycles. The Morgan fingerprint density at radius 2 is 1.86 bits per heavy atom. The average Bonchev–Trinajstić information content (AvgIpc) is 2.21. The van der Waals surface area contributed by atoms with Gasteiger partial charge in [0.25, 0.3) is 0 Å². The van der Waals surface area contributed by atoms with Crippen LogP contribution in [0, 0.1) is 0 Å². The van der Waals surface area contributed by atoms with Crippen LogP contribution < -0.4 is 0 Å². The van der Waals surface area contributed by atoms with E-state index in [1.165, 1.54) is 25.7 Å². The van der Waals surface area contributed by atoms with Crippen LogP contribution in [0.2, 0.25) is 0 Å². The van der Waals surface area contributed by atoms with Crippen molar-refractivity contribution in [2.24, 2.45) is 0 Å². The van der Waals surface area contributed by atoms with Crippen LogP contribution in [-0.2, 0) is 9.53 Å². The summed E-state index contributed by atoms with van der Waals surface area (Å²) in [5, 5.41) is 0. The molecule has 84 valence electrons. The van der Waals surface area contributed by atoms with Crippen LogP contribution >= 0.6 is 15.9 Å². The van der Waals surface area contributed by atoms with Gasteiger partial charge >= 0.3 is 5.97 Å². The minimum absolute atomic E-state index is 0.122. The molecular weight excluding hydrogens is 244 g/mol. The molecule has 0 spiro atoms. The molecule has 14 heavy (non-hydrogen) atoms. The molecule has 0 rings (SSSR count). The van der Waals surface area contributed by atoms with Crippen molar-refractivity contribution in [2.45, 2.75) is 57.2 Å². The molecule has 2 nitrogen and oxygen atoms in total. The van der Waals surface area contributed by atoms with Gasteiger partial charge in [0, 0.05) is 0 Å². The Morgan fingerprint density at radius 3 is 2.43 bits per heavy atom. The fourth-order valence-corrected chi connectivity index (χ4v) is 1.27. The van der Waals surface area contributed by atoms with Crippen molar-refractivity contribution in [2.75, 3.05) is 6.61 Å². The van der Waals surface area contributed by atoms with Gasteiger partial charge in [-0.05, 0) is 12.8 Å². The number of rotatable bonds is 8. The van der Waals surface area contributed by atoms with Gasteiger partial charge < -0.3 is 4.74 Å². The summed E-state index contributed by atoms with van der Waals surface area (Å²) >= 11 is 3.26. The summed E-state index contributed by atoms with van der Waals surface area (Å²) in [6, 6.07) is 0. The predicted octanol–water partition coefficient (Wildman–Crippen LogP) is 3.67. The predicted molar refractivity (Wildman–Crippen MR) is 62.7 cm³/mol. The van der Waals surface area contributed by atoms with E-state index in [2.05, 4.69) is 22.9 Å². The minimum atomic E-state index is -0.127. The Balaban J connectivity index is 3.23. The first-order valence-electron chi connectivity index (χ1n) is 5.53. The lowest BCUT2D eigenvalue weighted by Gasteiger charge is -2.07. The third kappa shape index (κ3) is 7.36. The molecule has 3 heteroatoms. The molecule has 0 amide bonds. The zero-order valence-corrected chi connectivity index (χ0v) is 10.8. The summed E-state index contributed by atoms with van der Waals surface area (Å²) in [6.45, 7) is 4.73. The Hall–Kier alpha value is -0.0500. The highest BCUT2D eigenvalue weighted by atomic mass is 79.9. The van der Waals surface area contributed by atoms with Gasteiger partial charge in [0.15, 0.2) is 0 Å². The lowest BCUT2D eigenvalue weighted by Crippen LogP contribution is -2.16. The van der Waals surface area contributed by atoms with Gasteiger partial charge in [0.2, 0.25) is 0 Å². The largest absolute Gasteiger partial charge is 0.465 e. The highest BCUT2D eigenvalue weighted by Gasteiger charge is 2.12. The van der Waals surface area contributed by atoms with Crippen molar-refractivity contribution >= 4 is 21.9 Å². The van der Waals surface area contributed by atoms with Gasteiger partial charge in [-0.25, -0.2) is 0 Å². The molecule has 0 fully saturated rings. The van der Waals surface area contributed by atoms with Crippen LogP contribution in [0.25, 0.3) is 0 Å². The lowest BCUT2D eigenvalue weighted by molar-refractivity contribution is -0.142. The molecule has 0 aromatic heterocycles. The van der Waals surface area contributed by atoms with E-state index in [9.17, 15) is 4.79 Å². The van der Waals surface area contributed by atoms with Gasteiger partial charge in [-0.15, -0.1) is 0 Å². The second-order valence-electron chi connectivity index (χ2n) is 3.46. The maximum Gasteiger partial charge on any atom is 0.319 e.